The molecule has 0 bridgehead atoms. The second-order valence-electron chi connectivity index (χ2n) is 5.90. The van der Waals surface area contributed by atoms with Gasteiger partial charge >= 0.3 is 0 Å². The number of halogens is 1. The molecule has 2 aromatic carbocycles. The summed E-state index contributed by atoms with van der Waals surface area (Å²) in [5, 5.41) is 3.29. The third kappa shape index (κ3) is 5.87. The molecule has 1 unspecified atom stereocenters. The molecule has 3 aromatic rings. The van der Waals surface area contributed by atoms with E-state index >= 15 is 0 Å². The average Bonchev–Trinajstić information content (AvgIpc) is 2.68. The summed E-state index contributed by atoms with van der Waals surface area (Å²) in [4.78, 5) is 31.3. The first-order valence-electron chi connectivity index (χ1n) is 8.51. The van der Waals surface area contributed by atoms with Crippen molar-refractivity contribution in [3.63, 3.8) is 0 Å². The Morgan fingerprint density at radius 2 is 1.93 bits per heavy atom. The minimum Gasteiger partial charge on any atom is -0.487 e. The molecule has 0 fully saturated rings. The first kappa shape index (κ1) is 20.0. The zero-order valence-corrected chi connectivity index (χ0v) is 16.6. The highest BCUT2D eigenvalue weighted by molar-refractivity contribution is 8.00. The Morgan fingerprint density at radius 1 is 1.21 bits per heavy atom. The number of anilines is 1. The first-order valence-corrected chi connectivity index (χ1v) is 9.76. The Hall–Kier alpha value is -2.77. The molecular weight excluding hydrogens is 398 g/mol. The standard InChI is InChI=1S/C20H18ClN3O3S/c1-13(19(26)22-15-9-7-14(21)8-10-15)28-20-23-16(11-18(25)24-20)12-27-17-5-3-2-4-6-17/h2-11,13H,12H2,1H3,(H,22,26)(H,23,24,25). The van der Waals surface area contributed by atoms with E-state index in [0.29, 0.717) is 27.3 Å². The molecule has 0 aliphatic rings. The summed E-state index contributed by atoms with van der Waals surface area (Å²) >= 11 is 7.01. The van der Waals surface area contributed by atoms with Crippen molar-refractivity contribution in [2.75, 3.05) is 5.32 Å². The summed E-state index contributed by atoms with van der Waals surface area (Å²) in [5.74, 6) is 0.482. The Balaban J connectivity index is 1.62. The van der Waals surface area contributed by atoms with Gasteiger partial charge in [-0.15, -0.1) is 0 Å². The highest BCUT2D eigenvalue weighted by Crippen LogP contribution is 2.21. The van der Waals surface area contributed by atoms with Crippen LogP contribution in [-0.2, 0) is 11.4 Å². The van der Waals surface area contributed by atoms with Crippen LogP contribution in [0.2, 0.25) is 5.02 Å². The lowest BCUT2D eigenvalue weighted by Crippen LogP contribution is -2.23. The number of rotatable bonds is 7. The molecule has 8 heteroatoms. The molecule has 0 spiro atoms. The zero-order chi connectivity index (χ0) is 19.9. The van der Waals surface area contributed by atoms with E-state index in [1.54, 1.807) is 31.2 Å². The number of ether oxygens (including phenoxy) is 1. The van der Waals surface area contributed by atoms with Crippen molar-refractivity contribution in [2.24, 2.45) is 0 Å². The van der Waals surface area contributed by atoms with Crippen LogP contribution in [0, 0.1) is 0 Å². The van der Waals surface area contributed by atoms with Crippen molar-refractivity contribution in [1.29, 1.82) is 0 Å². The molecule has 1 aromatic heterocycles. The molecule has 0 aliphatic heterocycles. The van der Waals surface area contributed by atoms with Crippen molar-refractivity contribution in [2.45, 2.75) is 23.9 Å². The fourth-order valence-electron chi connectivity index (χ4n) is 2.29. The number of aromatic amines is 1. The number of carbonyl (C=O) groups is 1. The minimum atomic E-state index is -0.468. The number of hydrogen-bond donors (Lipinski definition) is 2. The number of H-pyrrole nitrogens is 1. The van der Waals surface area contributed by atoms with E-state index in [2.05, 4.69) is 15.3 Å². The summed E-state index contributed by atoms with van der Waals surface area (Å²) in [6, 6.07) is 17.5. The summed E-state index contributed by atoms with van der Waals surface area (Å²) in [6.07, 6.45) is 0. The molecule has 28 heavy (non-hydrogen) atoms. The average molecular weight is 416 g/mol. The normalized spacial score (nSPS) is 11.6. The molecule has 1 amide bonds. The lowest BCUT2D eigenvalue weighted by atomic mass is 10.3. The minimum absolute atomic E-state index is 0.160. The highest BCUT2D eigenvalue weighted by atomic mass is 35.5. The zero-order valence-electron chi connectivity index (χ0n) is 15.0. The molecule has 0 saturated carbocycles. The largest absolute Gasteiger partial charge is 0.487 e. The molecule has 6 nitrogen and oxygen atoms in total. The summed E-state index contributed by atoms with van der Waals surface area (Å²) in [5.41, 5.74) is 0.836. The Kier molecular flexibility index (Phi) is 6.73. The lowest BCUT2D eigenvalue weighted by molar-refractivity contribution is -0.115. The maximum atomic E-state index is 12.4. The molecular formula is C20H18ClN3O3S. The van der Waals surface area contributed by atoms with Gasteiger partial charge in [-0.05, 0) is 43.3 Å². The van der Waals surface area contributed by atoms with E-state index < -0.39 is 5.25 Å². The van der Waals surface area contributed by atoms with Crippen molar-refractivity contribution >= 4 is 35.0 Å². The molecule has 3 rings (SSSR count). The van der Waals surface area contributed by atoms with Crippen LogP contribution in [0.4, 0.5) is 5.69 Å². The predicted octanol–water partition coefficient (Wildman–Crippen LogP) is 4.12. The van der Waals surface area contributed by atoms with Gasteiger partial charge < -0.3 is 15.0 Å². The van der Waals surface area contributed by atoms with Gasteiger partial charge in [0.2, 0.25) is 5.91 Å². The number of carbonyl (C=O) groups excluding carboxylic acids is 1. The van der Waals surface area contributed by atoms with Gasteiger partial charge in [0, 0.05) is 16.8 Å². The smallest absolute Gasteiger partial charge is 0.251 e. The maximum absolute atomic E-state index is 12.4. The third-order valence-corrected chi connectivity index (χ3v) is 4.91. The number of nitrogens with one attached hydrogen (secondary N) is 2. The SMILES string of the molecule is CC(Sc1nc(COc2ccccc2)cc(=O)[nH]1)C(=O)Nc1ccc(Cl)cc1. The van der Waals surface area contributed by atoms with Crippen LogP contribution < -0.4 is 15.6 Å². The van der Waals surface area contributed by atoms with E-state index in [1.165, 1.54) is 6.07 Å². The molecule has 144 valence electrons. The number of para-hydroxylation sites is 1. The number of hydrogen-bond acceptors (Lipinski definition) is 5. The molecule has 1 heterocycles. The van der Waals surface area contributed by atoms with Gasteiger partial charge in [0.25, 0.3) is 5.56 Å². The quantitative estimate of drug-likeness (QED) is 0.448. The van der Waals surface area contributed by atoms with Gasteiger partial charge in [-0.3, -0.25) is 9.59 Å². The lowest BCUT2D eigenvalue weighted by Gasteiger charge is -2.12. The number of benzene rings is 2. The van der Waals surface area contributed by atoms with Gasteiger partial charge in [0.15, 0.2) is 5.16 Å². The van der Waals surface area contributed by atoms with Crippen molar-refractivity contribution in [1.82, 2.24) is 9.97 Å². The summed E-state index contributed by atoms with van der Waals surface area (Å²) in [7, 11) is 0. The second kappa shape index (κ2) is 9.43. The molecule has 0 saturated heterocycles. The van der Waals surface area contributed by atoms with Gasteiger partial charge in [-0.1, -0.05) is 41.6 Å². The van der Waals surface area contributed by atoms with Crippen LogP contribution in [-0.4, -0.2) is 21.1 Å². The van der Waals surface area contributed by atoms with Crippen LogP contribution in [0.15, 0.2) is 70.6 Å². The van der Waals surface area contributed by atoms with Crippen molar-refractivity contribution in [3.8, 4) is 5.75 Å². The van der Waals surface area contributed by atoms with E-state index in [-0.39, 0.29) is 18.1 Å². The van der Waals surface area contributed by atoms with Crippen LogP contribution >= 0.6 is 23.4 Å². The summed E-state index contributed by atoms with van der Waals surface area (Å²) < 4.78 is 5.63. The van der Waals surface area contributed by atoms with Crippen molar-refractivity contribution in [3.05, 3.63) is 81.7 Å². The van der Waals surface area contributed by atoms with Crippen LogP contribution in [0.25, 0.3) is 0 Å². The number of aromatic nitrogens is 2. The van der Waals surface area contributed by atoms with E-state index in [9.17, 15) is 9.59 Å². The van der Waals surface area contributed by atoms with Gasteiger partial charge in [-0.25, -0.2) is 4.98 Å². The van der Waals surface area contributed by atoms with Gasteiger partial charge in [0.05, 0.1) is 10.9 Å². The van der Waals surface area contributed by atoms with Crippen LogP contribution in [0.1, 0.15) is 12.6 Å². The number of thioether (sulfide) groups is 1. The van der Waals surface area contributed by atoms with Crippen LogP contribution in [0.3, 0.4) is 0 Å². The van der Waals surface area contributed by atoms with Gasteiger partial charge in [-0.2, -0.15) is 0 Å². The van der Waals surface area contributed by atoms with E-state index in [0.717, 1.165) is 11.8 Å². The Labute approximate surface area is 171 Å². The molecule has 2 N–H and O–H groups in total. The Bertz CT molecular complexity index is 994. The Morgan fingerprint density at radius 3 is 2.64 bits per heavy atom. The molecule has 1 atom stereocenters. The van der Waals surface area contributed by atoms with Crippen molar-refractivity contribution < 1.29 is 9.53 Å². The topological polar surface area (TPSA) is 84.1 Å². The fraction of sp³-hybridized carbons (Fsp3) is 0.150. The number of nitrogens with zero attached hydrogens (tertiary/aromatic N) is 1. The predicted molar refractivity (Wildman–Crippen MR) is 111 cm³/mol. The van der Waals surface area contributed by atoms with Crippen LogP contribution in [0.5, 0.6) is 5.75 Å². The maximum Gasteiger partial charge on any atom is 0.251 e. The third-order valence-electron chi connectivity index (χ3n) is 3.67. The molecule has 0 radical (unpaired) electrons. The van der Waals surface area contributed by atoms with E-state index in [4.69, 9.17) is 16.3 Å². The molecule has 0 aliphatic carbocycles. The monoisotopic (exact) mass is 415 g/mol. The number of amides is 1. The van der Waals surface area contributed by atoms with E-state index in [1.807, 2.05) is 30.3 Å². The van der Waals surface area contributed by atoms with Gasteiger partial charge in [0.1, 0.15) is 12.4 Å². The first-order chi connectivity index (χ1) is 13.5. The second-order valence-corrected chi connectivity index (χ2v) is 7.67. The highest BCUT2D eigenvalue weighted by Gasteiger charge is 2.16. The fourth-order valence-corrected chi connectivity index (χ4v) is 3.24. The summed E-state index contributed by atoms with van der Waals surface area (Å²) in [6.45, 7) is 1.90.